The lowest BCUT2D eigenvalue weighted by Crippen LogP contribution is -2.51. The van der Waals surface area contributed by atoms with Gasteiger partial charge in [0.2, 0.25) is 0 Å². The summed E-state index contributed by atoms with van der Waals surface area (Å²) in [5.41, 5.74) is 2.42. The van der Waals surface area contributed by atoms with Crippen LogP contribution in [0, 0.1) is 0 Å². The molecule has 0 aromatic heterocycles. The van der Waals surface area contributed by atoms with E-state index in [0.717, 1.165) is 31.7 Å². The molecule has 1 fully saturated rings. The zero-order chi connectivity index (χ0) is 11.0. The van der Waals surface area contributed by atoms with Crippen LogP contribution < -0.4 is 4.90 Å². The number of aliphatic imine (C=N–C) groups is 1. The highest BCUT2D eigenvalue weighted by Crippen LogP contribution is 2.33. The normalized spacial score (nSPS) is 24.8. The number of hydrogen-bond acceptors (Lipinski definition) is 3. The highest BCUT2D eigenvalue weighted by atomic mass is 15.3. The molecule has 1 saturated heterocycles. The summed E-state index contributed by atoms with van der Waals surface area (Å²) in [7, 11) is 2.20. The number of hydrogen-bond donors (Lipinski definition) is 0. The lowest BCUT2D eigenvalue weighted by molar-refractivity contribution is 0.271. The van der Waals surface area contributed by atoms with E-state index < -0.39 is 0 Å². The van der Waals surface area contributed by atoms with Crippen molar-refractivity contribution in [1.82, 2.24) is 4.90 Å². The maximum Gasteiger partial charge on any atom is 0.0859 e. The van der Waals surface area contributed by atoms with Gasteiger partial charge in [0.25, 0.3) is 0 Å². The third-order valence-electron chi connectivity index (χ3n) is 3.48. The van der Waals surface area contributed by atoms with Crippen molar-refractivity contribution >= 4 is 17.6 Å². The molecule has 0 aliphatic carbocycles. The number of fused-ring (bicyclic) bond motifs is 3. The smallest absolute Gasteiger partial charge is 0.0859 e. The molecule has 0 saturated carbocycles. The molecule has 1 atom stereocenters. The number of benzene rings is 1. The molecule has 0 N–H and O–H groups in total. The molecule has 1 aromatic rings. The van der Waals surface area contributed by atoms with Gasteiger partial charge in [0, 0.05) is 38.3 Å². The lowest BCUT2D eigenvalue weighted by atomic mass is 10.1. The SMILES string of the molecule is CN1CCN2c3ccccc3N=CCC2C1. The predicted octanol–water partition coefficient (Wildman–Crippen LogP) is 1.91. The number of anilines is 1. The second-order valence-electron chi connectivity index (χ2n) is 4.65. The van der Waals surface area contributed by atoms with Crippen LogP contribution in [0.3, 0.4) is 0 Å². The van der Waals surface area contributed by atoms with Gasteiger partial charge < -0.3 is 9.80 Å². The average molecular weight is 215 g/mol. The van der Waals surface area contributed by atoms with Crippen LogP contribution in [0.1, 0.15) is 6.42 Å². The summed E-state index contributed by atoms with van der Waals surface area (Å²) in [5.74, 6) is 0. The summed E-state index contributed by atoms with van der Waals surface area (Å²) in [4.78, 5) is 9.47. The molecular formula is C13H17N3. The van der Waals surface area contributed by atoms with E-state index >= 15 is 0 Å². The molecule has 2 aliphatic rings. The summed E-state index contributed by atoms with van der Waals surface area (Å²) >= 11 is 0. The van der Waals surface area contributed by atoms with Crippen molar-refractivity contribution in [3.63, 3.8) is 0 Å². The second kappa shape index (κ2) is 3.91. The van der Waals surface area contributed by atoms with Crippen LogP contribution in [0.2, 0.25) is 0 Å². The van der Waals surface area contributed by atoms with E-state index in [1.165, 1.54) is 5.69 Å². The highest BCUT2D eigenvalue weighted by molar-refractivity contribution is 5.77. The summed E-state index contributed by atoms with van der Waals surface area (Å²) in [5, 5.41) is 0. The fourth-order valence-corrected chi connectivity index (χ4v) is 2.62. The molecule has 16 heavy (non-hydrogen) atoms. The average Bonchev–Trinajstić information content (AvgIpc) is 2.47. The Balaban J connectivity index is 1.99. The minimum Gasteiger partial charge on any atom is -0.364 e. The highest BCUT2D eigenvalue weighted by Gasteiger charge is 2.27. The number of rotatable bonds is 0. The van der Waals surface area contributed by atoms with E-state index in [9.17, 15) is 0 Å². The van der Waals surface area contributed by atoms with Crippen LogP contribution in [0.5, 0.6) is 0 Å². The molecule has 2 aliphatic heterocycles. The van der Waals surface area contributed by atoms with Gasteiger partial charge in [-0.2, -0.15) is 0 Å². The molecular weight excluding hydrogens is 198 g/mol. The van der Waals surface area contributed by atoms with Gasteiger partial charge in [0.15, 0.2) is 0 Å². The maximum atomic E-state index is 4.55. The third-order valence-corrected chi connectivity index (χ3v) is 3.48. The van der Waals surface area contributed by atoms with Crippen molar-refractivity contribution in [3.8, 4) is 0 Å². The minimum absolute atomic E-state index is 0.589. The number of piperazine rings is 1. The van der Waals surface area contributed by atoms with Crippen molar-refractivity contribution in [1.29, 1.82) is 0 Å². The summed E-state index contributed by atoms with van der Waals surface area (Å²) < 4.78 is 0. The molecule has 84 valence electrons. The van der Waals surface area contributed by atoms with Crippen molar-refractivity contribution < 1.29 is 0 Å². The minimum atomic E-state index is 0.589. The Hall–Kier alpha value is -1.35. The Morgan fingerprint density at radius 1 is 1.25 bits per heavy atom. The number of para-hydroxylation sites is 2. The number of nitrogens with zero attached hydrogens (tertiary/aromatic N) is 3. The molecule has 3 heteroatoms. The topological polar surface area (TPSA) is 18.8 Å². The fraction of sp³-hybridized carbons (Fsp3) is 0.462. The predicted molar refractivity (Wildman–Crippen MR) is 67.8 cm³/mol. The van der Waals surface area contributed by atoms with Crippen LogP contribution in [-0.2, 0) is 0 Å². The largest absolute Gasteiger partial charge is 0.364 e. The summed E-state index contributed by atoms with van der Waals surface area (Å²) in [6, 6.07) is 9.05. The molecule has 2 heterocycles. The summed E-state index contributed by atoms with van der Waals surface area (Å²) in [6.45, 7) is 3.40. The first-order valence-electron chi connectivity index (χ1n) is 5.91. The van der Waals surface area contributed by atoms with E-state index in [2.05, 4.69) is 52.3 Å². The van der Waals surface area contributed by atoms with Gasteiger partial charge in [-0.1, -0.05) is 12.1 Å². The van der Waals surface area contributed by atoms with Gasteiger partial charge in [-0.25, -0.2) is 0 Å². The Morgan fingerprint density at radius 3 is 3.06 bits per heavy atom. The molecule has 3 rings (SSSR count). The van der Waals surface area contributed by atoms with Crippen molar-refractivity contribution in [3.05, 3.63) is 24.3 Å². The summed E-state index contributed by atoms with van der Waals surface area (Å²) in [6.07, 6.45) is 3.13. The zero-order valence-electron chi connectivity index (χ0n) is 9.63. The zero-order valence-corrected chi connectivity index (χ0v) is 9.63. The Bertz CT molecular complexity index is 413. The van der Waals surface area contributed by atoms with Crippen LogP contribution in [0.25, 0.3) is 0 Å². The Morgan fingerprint density at radius 2 is 2.12 bits per heavy atom. The van der Waals surface area contributed by atoms with Crippen molar-refractivity contribution in [2.45, 2.75) is 12.5 Å². The first kappa shape index (κ1) is 9.85. The molecule has 0 amide bonds. The van der Waals surface area contributed by atoms with E-state index in [1.54, 1.807) is 0 Å². The van der Waals surface area contributed by atoms with Gasteiger partial charge in [-0.05, 0) is 19.2 Å². The molecule has 1 unspecified atom stereocenters. The van der Waals surface area contributed by atoms with Crippen LogP contribution in [-0.4, -0.2) is 43.8 Å². The molecule has 3 nitrogen and oxygen atoms in total. The quantitative estimate of drug-likeness (QED) is 0.658. The van der Waals surface area contributed by atoms with Gasteiger partial charge in [0.05, 0.1) is 11.4 Å². The molecule has 0 spiro atoms. The first-order valence-corrected chi connectivity index (χ1v) is 5.91. The standard InChI is InChI=1S/C13H17N3/c1-15-8-9-16-11(10-15)6-7-14-12-4-2-3-5-13(12)16/h2-5,7,11H,6,8-10H2,1H3. The lowest BCUT2D eigenvalue weighted by Gasteiger charge is -2.40. The first-order chi connectivity index (χ1) is 7.84. The Labute approximate surface area is 96.4 Å². The van der Waals surface area contributed by atoms with Crippen LogP contribution in [0.15, 0.2) is 29.3 Å². The molecule has 0 bridgehead atoms. The monoisotopic (exact) mass is 215 g/mol. The molecule has 1 aromatic carbocycles. The Kier molecular flexibility index (Phi) is 2.40. The van der Waals surface area contributed by atoms with Gasteiger partial charge in [-0.15, -0.1) is 0 Å². The van der Waals surface area contributed by atoms with E-state index in [0.29, 0.717) is 6.04 Å². The van der Waals surface area contributed by atoms with Crippen LogP contribution >= 0.6 is 0 Å². The van der Waals surface area contributed by atoms with Crippen molar-refractivity contribution in [2.24, 2.45) is 4.99 Å². The maximum absolute atomic E-state index is 4.55. The number of likely N-dealkylation sites (N-methyl/N-ethyl adjacent to an activating group) is 1. The second-order valence-corrected chi connectivity index (χ2v) is 4.65. The van der Waals surface area contributed by atoms with E-state index in [-0.39, 0.29) is 0 Å². The van der Waals surface area contributed by atoms with Gasteiger partial charge in [0.1, 0.15) is 0 Å². The van der Waals surface area contributed by atoms with Crippen LogP contribution in [0.4, 0.5) is 11.4 Å². The van der Waals surface area contributed by atoms with E-state index in [1.807, 2.05) is 0 Å². The third kappa shape index (κ3) is 1.61. The van der Waals surface area contributed by atoms with Gasteiger partial charge >= 0.3 is 0 Å². The van der Waals surface area contributed by atoms with E-state index in [4.69, 9.17) is 0 Å². The fourth-order valence-electron chi connectivity index (χ4n) is 2.62. The van der Waals surface area contributed by atoms with Crippen molar-refractivity contribution in [2.75, 3.05) is 31.6 Å². The van der Waals surface area contributed by atoms with Gasteiger partial charge in [-0.3, -0.25) is 4.99 Å². The molecule has 0 radical (unpaired) electrons.